The van der Waals surface area contributed by atoms with E-state index in [1.807, 2.05) is 0 Å². The van der Waals surface area contributed by atoms with E-state index in [1.165, 1.54) is 34.4 Å². The van der Waals surface area contributed by atoms with Gasteiger partial charge >= 0.3 is 11.8 Å². The Labute approximate surface area is 151 Å². The van der Waals surface area contributed by atoms with Crippen molar-refractivity contribution < 1.29 is 18.0 Å². The topological polar surface area (TPSA) is 72.9 Å². The van der Waals surface area contributed by atoms with E-state index in [2.05, 4.69) is 5.10 Å². The largest absolute Gasteiger partial charge is 0.351 e. The Morgan fingerprint density at radius 1 is 1.35 bits per heavy atom. The first kappa shape index (κ1) is 18.2. The molecule has 0 aliphatic carbocycles. The fourth-order valence-corrected chi connectivity index (χ4v) is 2.93. The predicted octanol–water partition coefficient (Wildman–Crippen LogP) is 3.27. The molecule has 2 aromatic carbocycles. The van der Waals surface area contributed by atoms with Crippen molar-refractivity contribution in [1.82, 2.24) is 15.2 Å². The maximum Gasteiger partial charge on any atom is 0.351 e. The van der Waals surface area contributed by atoms with E-state index in [-0.39, 0.29) is 17.1 Å². The number of aryl methyl sites for hydroxylation is 1. The highest BCUT2D eigenvalue weighted by atomic mass is 35.5. The average molecular weight is 383 g/mol. The smallest absolute Gasteiger partial charge is 0.289 e. The Kier molecular flexibility index (Phi) is 4.64. The molecule has 0 aliphatic heterocycles. The van der Waals surface area contributed by atoms with Crippen molar-refractivity contribution >= 4 is 28.4 Å². The Morgan fingerprint density at radius 2 is 2.08 bits per heavy atom. The molecule has 0 radical (unpaired) electrons. The van der Waals surface area contributed by atoms with Gasteiger partial charge in [0.25, 0.3) is 0 Å². The Balaban J connectivity index is 2.12. The third-order valence-corrected chi connectivity index (χ3v) is 4.44. The molecule has 0 atom stereocenters. The number of aromatic nitrogens is 2. The number of fused-ring (bicyclic) bond motifs is 1. The first-order valence-electron chi connectivity index (χ1n) is 7.55. The van der Waals surface area contributed by atoms with Gasteiger partial charge in [0.1, 0.15) is 5.82 Å². The van der Waals surface area contributed by atoms with Crippen molar-refractivity contribution in [1.29, 1.82) is 0 Å². The van der Waals surface area contributed by atoms with Gasteiger partial charge in [0.15, 0.2) is 0 Å². The molecule has 9 heteroatoms. The number of benzene rings is 2. The molecule has 26 heavy (non-hydrogen) atoms. The summed E-state index contributed by atoms with van der Waals surface area (Å²) < 4.78 is 43.8. The highest BCUT2D eigenvalue weighted by Crippen LogP contribution is 2.32. The van der Waals surface area contributed by atoms with Gasteiger partial charge in [-0.2, -0.15) is 13.9 Å². The lowest BCUT2D eigenvalue weighted by molar-refractivity contribution is -0.147. The molecule has 0 saturated heterocycles. The third-order valence-electron chi connectivity index (χ3n) is 4.08. The molecular weight excluding hydrogens is 369 g/mol. The average Bonchev–Trinajstić information content (AvgIpc) is 2.93. The number of hydrazine groups is 1. The van der Waals surface area contributed by atoms with Gasteiger partial charge in [-0.1, -0.05) is 29.8 Å². The van der Waals surface area contributed by atoms with E-state index in [9.17, 15) is 18.0 Å². The minimum absolute atomic E-state index is 0.0477. The van der Waals surface area contributed by atoms with Crippen LogP contribution in [0.3, 0.4) is 0 Å². The minimum atomic E-state index is -3.82. The second kappa shape index (κ2) is 6.62. The molecule has 1 heterocycles. The van der Waals surface area contributed by atoms with Crippen molar-refractivity contribution in [3.63, 3.8) is 0 Å². The molecular formula is C17H14ClF3N4O. The van der Waals surface area contributed by atoms with Crippen LogP contribution in [0, 0.1) is 12.7 Å². The van der Waals surface area contributed by atoms with E-state index < -0.39 is 23.2 Å². The lowest BCUT2D eigenvalue weighted by Crippen LogP contribution is -2.42. The van der Waals surface area contributed by atoms with Crippen LogP contribution in [0.4, 0.5) is 13.2 Å². The molecule has 0 unspecified atom stereocenters. The summed E-state index contributed by atoms with van der Waals surface area (Å²) in [5, 5.41) is 5.08. The van der Waals surface area contributed by atoms with Gasteiger partial charge in [-0.25, -0.2) is 10.2 Å². The fourth-order valence-electron chi connectivity index (χ4n) is 2.71. The van der Waals surface area contributed by atoms with Crippen molar-refractivity contribution in [2.45, 2.75) is 19.4 Å². The van der Waals surface area contributed by atoms with Crippen LogP contribution in [-0.2, 0) is 17.3 Å². The Bertz CT molecular complexity index is 983. The predicted molar refractivity (Wildman–Crippen MR) is 91.2 cm³/mol. The maximum atomic E-state index is 14.2. The van der Waals surface area contributed by atoms with Crippen molar-refractivity contribution in [3.8, 4) is 0 Å². The lowest BCUT2D eigenvalue weighted by atomic mass is 10.1. The van der Waals surface area contributed by atoms with Crippen LogP contribution in [-0.4, -0.2) is 15.7 Å². The molecule has 0 spiro atoms. The molecule has 3 rings (SSSR count). The summed E-state index contributed by atoms with van der Waals surface area (Å²) in [6.45, 7) is 1.65. The van der Waals surface area contributed by atoms with Crippen LogP contribution >= 0.6 is 11.6 Å². The number of alkyl halides is 2. The van der Waals surface area contributed by atoms with Gasteiger partial charge in [-0.3, -0.25) is 14.9 Å². The number of carbonyl (C=O) groups is 1. The molecule has 0 saturated carbocycles. The second-order valence-electron chi connectivity index (χ2n) is 5.72. The van der Waals surface area contributed by atoms with Gasteiger partial charge in [-0.15, -0.1) is 0 Å². The highest BCUT2D eigenvalue weighted by Gasteiger charge is 2.40. The van der Waals surface area contributed by atoms with Gasteiger partial charge in [0.2, 0.25) is 0 Å². The summed E-state index contributed by atoms with van der Waals surface area (Å²) in [5.41, 5.74) is 1.99. The quantitative estimate of drug-likeness (QED) is 0.413. The summed E-state index contributed by atoms with van der Waals surface area (Å²) in [6, 6.07) is 7.96. The van der Waals surface area contributed by atoms with E-state index in [0.29, 0.717) is 16.6 Å². The monoisotopic (exact) mass is 382 g/mol. The molecule has 136 valence electrons. The van der Waals surface area contributed by atoms with Crippen molar-refractivity contribution in [2.75, 3.05) is 0 Å². The number of hydrogen-bond donors (Lipinski definition) is 2. The van der Waals surface area contributed by atoms with Gasteiger partial charge in [0.05, 0.1) is 17.8 Å². The van der Waals surface area contributed by atoms with Gasteiger partial charge in [0, 0.05) is 21.5 Å². The second-order valence-corrected chi connectivity index (χ2v) is 6.13. The Hall–Kier alpha value is -2.58. The molecule has 1 amide bonds. The summed E-state index contributed by atoms with van der Waals surface area (Å²) >= 11 is 6.03. The number of nitrogens with two attached hydrogens (primary N) is 1. The zero-order valence-electron chi connectivity index (χ0n) is 13.6. The van der Waals surface area contributed by atoms with Crippen LogP contribution in [0.1, 0.15) is 16.8 Å². The SMILES string of the molecule is Cc1nn(Cc2c(F)cccc2Cl)c2cc(C(F)(F)C(=O)NN)ccc12. The number of rotatable bonds is 4. The Morgan fingerprint density at radius 3 is 2.73 bits per heavy atom. The van der Waals surface area contributed by atoms with E-state index in [4.69, 9.17) is 17.4 Å². The van der Waals surface area contributed by atoms with E-state index in [1.54, 1.807) is 6.92 Å². The molecule has 5 nitrogen and oxygen atoms in total. The summed E-state index contributed by atoms with van der Waals surface area (Å²) in [6.07, 6.45) is 0. The third kappa shape index (κ3) is 3.02. The van der Waals surface area contributed by atoms with Crippen LogP contribution in [0.25, 0.3) is 10.9 Å². The van der Waals surface area contributed by atoms with Crippen molar-refractivity contribution in [2.24, 2.45) is 5.84 Å². The fraction of sp³-hybridized carbons (Fsp3) is 0.176. The molecule has 0 bridgehead atoms. The maximum absolute atomic E-state index is 14.2. The van der Waals surface area contributed by atoms with Gasteiger partial charge < -0.3 is 0 Å². The standard InChI is InChI=1S/C17H14ClF3N4O/c1-9-11-6-5-10(17(20,21)16(26)23-22)7-15(11)25(24-9)8-12-13(18)3-2-4-14(12)19/h2-7H,8,22H2,1H3,(H,23,26). The van der Waals surface area contributed by atoms with Crippen LogP contribution in [0.2, 0.25) is 5.02 Å². The van der Waals surface area contributed by atoms with Crippen LogP contribution < -0.4 is 11.3 Å². The number of carbonyl (C=O) groups excluding carboxylic acids is 1. The number of halogens is 4. The van der Waals surface area contributed by atoms with Crippen LogP contribution in [0.5, 0.6) is 0 Å². The molecule has 0 aliphatic rings. The number of amides is 1. The number of hydrogen-bond acceptors (Lipinski definition) is 3. The van der Waals surface area contributed by atoms with E-state index >= 15 is 0 Å². The normalized spacial score (nSPS) is 11.8. The lowest BCUT2D eigenvalue weighted by Gasteiger charge is -2.15. The molecule has 1 aromatic heterocycles. The van der Waals surface area contributed by atoms with Crippen LogP contribution in [0.15, 0.2) is 36.4 Å². The molecule has 3 aromatic rings. The summed E-state index contributed by atoms with van der Waals surface area (Å²) in [7, 11) is 0. The van der Waals surface area contributed by atoms with E-state index in [0.717, 1.165) is 12.1 Å². The van der Waals surface area contributed by atoms with Gasteiger partial charge in [-0.05, 0) is 25.1 Å². The molecule has 0 fully saturated rings. The zero-order valence-corrected chi connectivity index (χ0v) is 14.3. The number of nitrogens with zero attached hydrogens (tertiary/aromatic N) is 2. The first-order chi connectivity index (χ1) is 12.3. The summed E-state index contributed by atoms with van der Waals surface area (Å²) in [4.78, 5) is 11.4. The highest BCUT2D eigenvalue weighted by molar-refractivity contribution is 6.31. The minimum Gasteiger partial charge on any atom is -0.289 e. The van der Waals surface area contributed by atoms with Crippen molar-refractivity contribution in [3.05, 3.63) is 64.1 Å². The molecule has 3 N–H and O–H groups in total. The summed E-state index contributed by atoms with van der Waals surface area (Å²) in [5.74, 6) is -1.15. The zero-order chi connectivity index (χ0) is 19.1. The number of nitrogens with one attached hydrogen (secondary N) is 1. The first-order valence-corrected chi connectivity index (χ1v) is 7.93.